The highest BCUT2D eigenvalue weighted by atomic mass is 35.5. The van der Waals surface area contributed by atoms with Crippen LogP contribution in [-0.2, 0) is 22.5 Å². The molecule has 1 fully saturated rings. The third-order valence-electron chi connectivity index (χ3n) is 6.00. The number of fused-ring (bicyclic) bond motifs is 1. The molecule has 2 N–H and O–H groups in total. The van der Waals surface area contributed by atoms with Crippen LogP contribution in [0.1, 0.15) is 30.4 Å². The van der Waals surface area contributed by atoms with Crippen LogP contribution in [0, 0.1) is 5.41 Å². The van der Waals surface area contributed by atoms with Gasteiger partial charge in [0, 0.05) is 42.3 Å². The van der Waals surface area contributed by atoms with E-state index in [9.17, 15) is 4.79 Å². The van der Waals surface area contributed by atoms with Gasteiger partial charge in [-0.05, 0) is 54.7 Å². The number of rotatable bonds is 5. The Bertz CT molecular complexity index is 1020. The third kappa shape index (κ3) is 4.85. The molecule has 2 aliphatic heterocycles. The first-order chi connectivity index (χ1) is 14.9. The van der Waals surface area contributed by atoms with E-state index in [2.05, 4.69) is 4.90 Å². The van der Waals surface area contributed by atoms with Crippen molar-refractivity contribution >= 4 is 52.2 Å². The first-order valence-corrected chi connectivity index (χ1v) is 11.4. The Morgan fingerprint density at radius 1 is 1.13 bits per heavy atom. The zero-order valence-electron chi connectivity index (χ0n) is 17.0. The van der Waals surface area contributed by atoms with Gasteiger partial charge in [-0.2, -0.15) is 0 Å². The lowest BCUT2D eigenvalue weighted by Crippen LogP contribution is -2.52. The number of aliphatic imine (C=N–C) groups is 1. The van der Waals surface area contributed by atoms with Crippen molar-refractivity contribution in [3.8, 4) is 0 Å². The molecule has 0 saturated carbocycles. The largest absolute Gasteiger partial charge is 0.381 e. The Morgan fingerprint density at radius 2 is 1.87 bits per heavy atom. The molecule has 164 valence electrons. The maximum Gasteiger partial charge on any atom is 0.219 e. The molecule has 0 unspecified atom stereocenters. The summed E-state index contributed by atoms with van der Waals surface area (Å²) in [6, 6.07) is 11.5. The second-order valence-electron chi connectivity index (χ2n) is 8.10. The fourth-order valence-corrected chi connectivity index (χ4v) is 5.04. The number of primary amides is 1. The molecular weight excluding hydrogens is 457 g/mol. The molecular formula is C23H24Cl3N3O2. The average molecular weight is 481 g/mol. The van der Waals surface area contributed by atoms with Gasteiger partial charge >= 0.3 is 0 Å². The maximum absolute atomic E-state index is 11.6. The van der Waals surface area contributed by atoms with Crippen molar-refractivity contribution in [1.29, 1.82) is 0 Å². The smallest absolute Gasteiger partial charge is 0.219 e. The molecule has 2 heterocycles. The Labute approximate surface area is 197 Å². The molecule has 8 heteroatoms. The zero-order valence-corrected chi connectivity index (χ0v) is 19.3. The summed E-state index contributed by atoms with van der Waals surface area (Å²) >= 11 is 18.9. The fraction of sp³-hybridized carbons (Fsp3) is 0.391. The summed E-state index contributed by atoms with van der Waals surface area (Å²) in [5.41, 5.74) is 8.35. The van der Waals surface area contributed by atoms with Gasteiger partial charge in [0.2, 0.25) is 5.91 Å². The summed E-state index contributed by atoms with van der Waals surface area (Å²) in [6.07, 6.45) is 2.69. The van der Waals surface area contributed by atoms with Crippen LogP contribution >= 0.6 is 34.8 Å². The number of nitrogens with two attached hydrogens (primary N) is 1. The van der Waals surface area contributed by atoms with E-state index in [1.54, 1.807) is 0 Å². The summed E-state index contributed by atoms with van der Waals surface area (Å²) < 4.78 is 5.68. The van der Waals surface area contributed by atoms with Crippen LogP contribution in [0.5, 0.6) is 0 Å². The van der Waals surface area contributed by atoms with Gasteiger partial charge in [0.15, 0.2) is 0 Å². The van der Waals surface area contributed by atoms with Gasteiger partial charge in [-0.25, -0.2) is 0 Å². The minimum atomic E-state index is -0.359. The number of carbonyl (C=O) groups excluding carboxylic acids is 1. The SMILES string of the molecule is NC(=O)CCN1C(=NCc2cccc(Cl)c2)C2(CCOCC2)Cc2cc(Cl)c(Cl)cc21. The summed E-state index contributed by atoms with van der Waals surface area (Å²) in [6.45, 7) is 2.24. The highest BCUT2D eigenvalue weighted by Crippen LogP contribution is 2.46. The van der Waals surface area contributed by atoms with Crippen molar-refractivity contribution in [3.05, 3.63) is 62.6 Å². The molecule has 0 atom stereocenters. The molecule has 4 rings (SSSR count). The monoisotopic (exact) mass is 479 g/mol. The third-order valence-corrected chi connectivity index (χ3v) is 6.96. The quantitative estimate of drug-likeness (QED) is 0.633. The topological polar surface area (TPSA) is 67.9 Å². The van der Waals surface area contributed by atoms with E-state index in [4.69, 9.17) is 50.3 Å². The Kier molecular flexibility index (Phi) is 6.77. The number of nitrogens with zero attached hydrogens (tertiary/aromatic N) is 2. The van der Waals surface area contributed by atoms with Crippen LogP contribution in [0.25, 0.3) is 0 Å². The second-order valence-corrected chi connectivity index (χ2v) is 9.35. The van der Waals surface area contributed by atoms with Gasteiger partial charge < -0.3 is 15.4 Å². The van der Waals surface area contributed by atoms with E-state index >= 15 is 0 Å². The standard InChI is InChI=1S/C23H24Cl3N3O2/c24-17-3-1-2-15(10-17)14-28-22-23(5-8-31-9-6-23)13-16-11-18(25)19(26)12-20(16)29(22)7-4-21(27)30/h1-3,10-12H,4-9,13-14H2,(H2,27,30). The predicted molar refractivity (Wildman–Crippen MR) is 126 cm³/mol. The van der Waals surface area contributed by atoms with E-state index in [1.165, 1.54) is 0 Å². The molecule has 1 amide bonds. The zero-order chi connectivity index (χ0) is 22.0. The molecule has 0 aromatic heterocycles. The lowest BCUT2D eigenvalue weighted by molar-refractivity contribution is -0.117. The van der Waals surface area contributed by atoms with Gasteiger partial charge in [-0.3, -0.25) is 9.79 Å². The van der Waals surface area contributed by atoms with Gasteiger partial charge in [0.05, 0.1) is 16.6 Å². The van der Waals surface area contributed by atoms with E-state index in [1.807, 2.05) is 36.4 Å². The molecule has 2 aromatic carbocycles. The predicted octanol–water partition coefficient (Wildman–Crippen LogP) is 5.28. The Hall–Kier alpha value is -1.79. The highest BCUT2D eigenvalue weighted by molar-refractivity contribution is 6.42. The molecule has 31 heavy (non-hydrogen) atoms. The molecule has 0 bridgehead atoms. The van der Waals surface area contributed by atoms with Crippen molar-refractivity contribution in [2.75, 3.05) is 24.7 Å². The van der Waals surface area contributed by atoms with Crippen LogP contribution in [0.3, 0.4) is 0 Å². The first kappa shape index (κ1) is 22.4. The van der Waals surface area contributed by atoms with Crippen molar-refractivity contribution in [1.82, 2.24) is 0 Å². The number of hydrogen-bond acceptors (Lipinski definition) is 3. The van der Waals surface area contributed by atoms with Crippen molar-refractivity contribution in [3.63, 3.8) is 0 Å². The number of hydrogen-bond donors (Lipinski definition) is 1. The second kappa shape index (κ2) is 9.37. The lowest BCUT2D eigenvalue weighted by Gasteiger charge is -2.47. The van der Waals surface area contributed by atoms with Gasteiger partial charge in [-0.1, -0.05) is 46.9 Å². The number of amides is 1. The van der Waals surface area contributed by atoms with Gasteiger partial charge in [0.25, 0.3) is 0 Å². The van der Waals surface area contributed by atoms with Gasteiger partial charge in [0.1, 0.15) is 5.84 Å². The number of carbonyl (C=O) groups is 1. The Morgan fingerprint density at radius 3 is 2.58 bits per heavy atom. The summed E-state index contributed by atoms with van der Waals surface area (Å²) in [7, 11) is 0. The van der Waals surface area contributed by atoms with E-state index in [-0.39, 0.29) is 17.7 Å². The summed E-state index contributed by atoms with van der Waals surface area (Å²) in [5, 5.41) is 1.68. The molecule has 0 radical (unpaired) electrons. The normalized spacial score (nSPS) is 18.9. The lowest BCUT2D eigenvalue weighted by atomic mass is 9.71. The number of benzene rings is 2. The van der Waals surface area contributed by atoms with E-state index < -0.39 is 0 Å². The number of anilines is 1. The molecule has 5 nitrogen and oxygen atoms in total. The highest BCUT2D eigenvalue weighted by Gasteiger charge is 2.45. The van der Waals surface area contributed by atoms with E-state index in [0.29, 0.717) is 41.4 Å². The van der Waals surface area contributed by atoms with Crippen LogP contribution < -0.4 is 10.6 Å². The fourth-order valence-electron chi connectivity index (χ4n) is 4.48. The van der Waals surface area contributed by atoms with Crippen LogP contribution in [0.15, 0.2) is 41.4 Å². The summed E-state index contributed by atoms with van der Waals surface area (Å²) in [5.74, 6) is 0.588. The van der Waals surface area contributed by atoms with Crippen molar-refractivity contribution in [2.24, 2.45) is 16.1 Å². The minimum Gasteiger partial charge on any atom is -0.381 e. The number of ether oxygens (including phenoxy) is 1. The van der Waals surface area contributed by atoms with Gasteiger partial charge in [-0.15, -0.1) is 0 Å². The van der Waals surface area contributed by atoms with Crippen LogP contribution in [0.4, 0.5) is 5.69 Å². The summed E-state index contributed by atoms with van der Waals surface area (Å²) in [4.78, 5) is 18.8. The Balaban J connectivity index is 1.81. The molecule has 2 aliphatic rings. The first-order valence-electron chi connectivity index (χ1n) is 10.3. The molecule has 0 aliphatic carbocycles. The van der Waals surface area contributed by atoms with E-state index in [0.717, 1.165) is 41.9 Å². The van der Waals surface area contributed by atoms with Crippen molar-refractivity contribution in [2.45, 2.75) is 32.2 Å². The number of amidine groups is 1. The maximum atomic E-state index is 11.6. The molecule has 1 saturated heterocycles. The van der Waals surface area contributed by atoms with Crippen molar-refractivity contribution < 1.29 is 9.53 Å². The molecule has 2 aromatic rings. The van der Waals surface area contributed by atoms with Crippen LogP contribution in [0.2, 0.25) is 15.1 Å². The van der Waals surface area contributed by atoms with Crippen LogP contribution in [-0.4, -0.2) is 31.5 Å². The molecule has 1 spiro atoms. The number of halogens is 3. The minimum absolute atomic E-state index is 0.196. The average Bonchev–Trinajstić information content (AvgIpc) is 2.73.